The molecule has 6 nitrogen and oxygen atoms in total. The highest BCUT2D eigenvalue weighted by molar-refractivity contribution is 7.14. The fourth-order valence-corrected chi connectivity index (χ4v) is 2.31. The summed E-state index contributed by atoms with van der Waals surface area (Å²) in [6.45, 7) is -0.0658. The first-order valence-electron chi connectivity index (χ1n) is 5.68. The van der Waals surface area contributed by atoms with E-state index in [0.29, 0.717) is 5.69 Å². The molecule has 2 amide bonds. The van der Waals surface area contributed by atoms with Gasteiger partial charge in [-0.1, -0.05) is 12.1 Å². The van der Waals surface area contributed by atoms with Gasteiger partial charge >= 0.3 is 12.0 Å². The number of hydrogen-bond donors (Lipinski definition) is 4. The lowest BCUT2D eigenvalue weighted by atomic mass is 10.2. The summed E-state index contributed by atoms with van der Waals surface area (Å²) in [7, 11) is 0. The maximum absolute atomic E-state index is 11.8. The van der Waals surface area contributed by atoms with Gasteiger partial charge in [0.25, 0.3) is 0 Å². The Balaban J connectivity index is 2.01. The first kappa shape index (κ1) is 14.0. The number of aromatic carboxylic acids is 1. The van der Waals surface area contributed by atoms with Crippen LogP contribution in [0.25, 0.3) is 0 Å². The number of amides is 2. The van der Waals surface area contributed by atoms with E-state index in [4.69, 9.17) is 10.2 Å². The predicted octanol–water partition coefficient (Wildman–Crippen LogP) is 2.58. The van der Waals surface area contributed by atoms with E-state index in [1.165, 1.54) is 6.07 Å². The number of rotatable bonds is 4. The van der Waals surface area contributed by atoms with Crippen molar-refractivity contribution in [3.63, 3.8) is 0 Å². The molecule has 4 N–H and O–H groups in total. The molecule has 0 aliphatic heterocycles. The smallest absolute Gasteiger partial charge is 0.338 e. The molecule has 0 fully saturated rings. The van der Waals surface area contributed by atoms with Crippen molar-refractivity contribution in [2.75, 3.05) is 10.6 Å². The van der Waals surface area contributed by atoms with Gasteiger partial charge in [0.15, 0.2) is 0 Å². The Kier molecular flexibility index (Phi) is 4.34. The normalized spacial score (nSPS) is 10.1. The Hall–Kier alpha value is -2.38. The van der Waals surface area contributed by atoms with Crippen molar-refractivity contribution < 1.29 is 19.8 Å². The Morgan fingerprint density at radius 2 is 1.80 bits per heavy atom. The van der Waals surface area contributed by atoms with Crippen molar-refractivity contribution in [2.24, 2.45) is 0 Å². The molecule has 0 saturated carbocycles. The number of thiophene rings is 1. The van der Waals surface area contributed by atoms with Crippen LogP contribution in [0.3, 0.4) is 0 Å². The second kappa shape index (κ2) is 6.18. The summed E-state index contributed by atoms with van der Waals surface area (Å²) >= 11 is 1.14. The van der Waals surface area contributed by atoms with E-state index in [1.54, 1.807) is 29.6 Å². The van der Waals surface area contributed by atoms with Crippen molar-refractivity contribution in [1.29, 1.82) is 0 Å². The lowest BCUT2D eigenvalue weighted by Gasteiger charge is -2.07. The minimum Gasteiger partial charge on any atom is -0.478 e. The molecule has 1 heterocycles. The van der Waals surface area contributed by atoms with Crippen LogP contribution in [-0.2, 0) is 6.61 Å². The summed E-state index contributed by atoms with van der Waals surface area (Å²) in [5.41, 5.74) is 1.34. The van der Waals surface area contributed by atoms with Gasteiger partial charge in [-0.15, -0.1) is 11.3 Å². The van der Waals surface area contributed by atoms with Crippen LogP contribution in [0.5, 0.6) is 0 Å². The average molecular weight is 292 g/mol. The standard InChI is InChI=1S/C13H12N2O4S/c16-7-8-1-3-9(4-2-8)14-13(19)15-11-10(12(17)18)5-6-20-11/h1-6,16H,7H2,(H,17,18)(H2,14,15,19). The van der Waals surface area contributed by atoms with Gasteiger partial charge in [-0.05, 0) is 29.1 Å². The Morgan fingerprint density at radius 3 is 2.40 bits per heavy atom. The highest BCUT2D eigenvalue weighted by atomic mass is 32.1. The second-order valence-electron chi connectivity index (χ2n) is 3.90. The third kappa shape index (κ3) is 3.34. The molecule has 20 heavy (non-hydrogen) atoms. The van der Waals surface area contributed by atoms with Crippen LogP contribution in [0.2, 0.25) is 0 Å². The van der Waals surface area contributed by atoms with Gasteiger partial charge in [0.1, 0.15) is 5.00 Å². The zero-order valence-corrected chi connectivity index (χ0v) is 11.1. The van der Waals surface area contributed by atoms with Gasteiger partial charge in [0.05, 0.1) is 12.2 Å². The summed E-state index contributed by atoms with van der Waals surface area (Å²) in [5.74, 6) is -1.09. The van der Waals surface area contributed by atoms with E-state index in [-0.39, 0.29) is 17.2 Å². The molecule has 0 atom stereocenters. The highest BCUT2D eigenvalue weighted by Gasteiger charge is 2.13. The predicted molar refractivity (Wildman–Crippen MR) is 76.3 cm³/mol. The van der Waals surface area contributed by atoms with Crippen molar-refractivity contribution in [2.45, 2.75) is 6.61 Å². The monoisotopic (exact) mass is 292 g/mol. The minimum atomic E-state index is -1.09. The second-order valence-corrected chi connectivity index (χ2v) is 4.82. The van der Waals surface area contributed by atoms with Gasteiger partial charge in [-0.2, -0.15) is 0 Å². The van der Waals surface area contributed by atoms with Crippen molar-refractivity contribution in [3.8, 4) is 0 Å². The summed E-state index contributed by atoms with van der Waals surface area (Å²) in [4.78, 5) is 22.7. The number of carboxylic acids is 1. The number of carbonyl (C=O) groups is 2. The van der Waals surface area contributed by atoms with E-state index < -0.39 is 12.0 Å². The lowest BCUT2D eigenvalue weighted by molar-refractivity contribution is 0.0698. The first-order chi connectivity index (χ1) is 9.60. The van der Waals surface area contributed by atoms with Crippen LogP contribution in [0.4, 0.5) is 15.5 Å². The maximum atomic E-state index is 11.8. The van der Waals surface area contributed by atoms with Crippen LogP contribution in [0.15, 0.2) is 35.7 Å². The van der Waals surface area contributed by atoms with Gasteiger partial charge in [-0.3, -0.25) is 5.32 Å². The summed E-state index contributed by atoms with van der Waals surface area (Å²) in [6, 6.07) is 7.58. The number of nitrogens with one attached hydrogen (secondary N) is 2. The molecule has 2 aromatic rings. The van der Waals surface area contributed by atoms with Crippen LogP contribution in [0, 0.1) is 0 Å². The van der Waals surface area contributed by atoms with E-state index in [1.807, 2.05) is 0 Å². The molecular weight excluding hydrogens is 280 g/mol. The first-order valence-corrected chi connectivity index (χ1v) is 6.56. The van der Waals surface area contributed by atoms with Gasteiger partial charge in [0.2, 0.25) is 0 Å². The Morgan fingerprint density at radius 1 is 1.10 bits per heavy atom. The number of urea groups is 1. The third-order valence-electron chi connectivity index (χ3n) is 2.52. The lowest BCUT2D eigenvalue weighted by Crippen LogP contribution is -2.20. The quantitative estimate of drug-likeness (QED) is 0.696. The SMILES string of the molecule is O=C(Nc1ccc(CO)cc1)Nc1sccc1C(=O)O. The molecule has 0 spiro atoms. The molecule has 2 rings (SSSR count). The molecule has 7 heteroatoms. The average Bonchev–Trinajstić information content (AvgIpc) is 2.87. The van der Waals surface area contributed by atoms with E-state index in [2.05, 4.69) is 10.6 Å². The zero-order valence-electron chi connectivity index (χ0n) is 10.3. The Bertz CT molecular complexity index is 622. The number of aliphatic hydroxyl groups is 1. The number of carbonyl (C=O) groups excluding carboxylic acids is 1. The van der Waals surface area contributed by atoms with Crippen LogP contribution >= 0.6 is 11.3 Å². The zero-order chi connectivity index (χ0) is 14.5. The molecule has 1 aromatic heterocycles. The number of anilines is 2. The van der Waals surface area contributed by atoms with E-state index in [0.717, 1.165) is 16.9 Å². The van der Waals surface area contributed by atoms with E-state index in [9.17, 15) is 9.59 Å². The number of benzene rings is 1. The number of aliphatic hydroxyl groups excluding tert-OH is 1. The highest BCUT2D eigenvalue weighted by Crippen LogP contribution is 2.23. The molecular formula is C13H12N2O4S. The molecule has 0 unspecified atom stereocenters. The van der Waals surface area contributed by atoms with Gasteiger partial charge in [0, 0.05) is 5.69 Å². The number of carboxylic acid groups (broad SMARTS) is 1. The molecule has 0 saturated heterocycles. The fourth-order valence-electron chi connectivity index (χ4n) is 1.53. The molecule has 0 aliphatic carbocycles. The maximum Gasteiger partial charge on any atom is 0.338 e. The van der Waals surface area contributed by atoms with Crippen LogP contribution in [0.1, 0.15) is 15.9 Å². The van der Waals surface area contributed by atoms with Crippen molar-refractivity contribution in [1.82, 2.24) is 0 Å². The Labute approximate surface area is 118 Å². The summed E-state index contributed by atoms with van der Waals surface area (Å²) in [6.07, 6.45) is 0. The van der Waals surface area contributed by atoms with Crippen LogP contribution in [-0.4, -0.2) is 22.2 Å². The summed E-state index contributed by atoms with van der Waals surface area (Å²) in [5, 5.41) is 24.8. The molecule has 0 radical (unpaired) electrons. The molecule has 0 aliphatic rings. The molecule has 1 aromatic carbocycles. The molecule has 0 bridgehead atoms. The van der Waals surface area contributed by atoms with Gasteiger partial charge in [-0.25, -0.2) is 9.59 Å². The summed E-state index contributed by atoms with van der Waals surface area (Å²) < 4.78 is 0. The third-order valence-corrected chi connectivity index (χ3v) is 3.35. The van der Waals surface area contributed by atoms with Crippen molar-refractivity contribution in [3.05, 3.63) is 46.8 Å². The van der Waals surface area contributed by atoms with Gasteiger partial charge < -0.3 is 15.5 Å². The van der Waals surface area contributed by atoms with E-state index >= 15 is 0 Å². The fraction of sp³-hybridized carbons (Fsp3) is 0.0769. The van der Waals surface area contributed by atoms with Crippen molar-refractivity contribution >= 4 is 34.0 Å². The van der Waals surface area contributed by atoms with Crippen LogP contribution < -0.4 is 10.6 Å². The number of hydrogen-bond acceptors (Lipinski definition) is 4. The largest absolute Gasteiger partial charge is 0.478 e. The topological polar surface area (TPSA) is 98.7 Å². The molecule has 104 valence electrons. The minimum absolute atomic E-state index is 0.0563.